The van der Waals surface area contributed by atoms with E-state index >= 15 is 0 Å². The molecule has 30 heavy (non-hydrogen) atoms. The van der Waals surface area contributed by atoms with Crippen LogP contribution in [0.2, 0.25) is 0 Å². The second kappa shape index (κ2) is 8.91. The van der Waals surface area contributed by atoms with Crippen LogP contribution < -0.4 is 14.8 Å². The number of methoxy groups -OCH3 is 2. The maximum atomic E-state index is 12.6. The molecule has 0 aliphatic carbocycles. The first-order valence-electron chi connectivity index (χ1n) is 9.12. The molecule has 0 spiro atoms. The van der Waals surface area contributed by atoms with Crippen LogP contribution in [-0.2, 0) is 5.75 Å². The Morgan fingerprint density at radius 2 is 1.90 bits per heavy atom. The number of thioether (sulfide) groups is 1. The first-order chi connectivity index (χ1) is 14.7. The minimum Gasteiger partial charge on any atom is -0.497 e. The summed E-state index contributed by atoms with van der Waals surface area (Å²) in [5, 5.41) is 2.75. The molecule has 0 aromatic heterocycles. The monoisotopic (exact) mass is 421 g/mol. The second-order valence-electron chi connectivity index (χ2n) is 6.36. The first-order valence-corrected chi connectivity index (χ1v) is 10.2. The van der Waals surface area contributed by atoms with E-state index in [-0.39, 0.29) is 11.3 Å². The lowest BCUT2D eigenvalue weighted by Crippen LogP contribution is -2.24. The van der Waals surface area contributed by atoms with E-state index in [9.17, 15) is 4.79 Å². The Labute approximate surface area is 177 Å². The van der Waals surface area contributed by atoms with Crippen LogP contribution in [0.25, 0.3) is 0 Å². The smallest absolute Gasteiger partial charge is 0.255 e. The predicted molar refractivity (Wildman–Crippen MR) is 121 cm³/mol. The fourth-order valence-electron chi connectivity index (χ4n) is 2.92. The number of anilines is 1. The summed E-state index contributed by atoms with van der Waals surface area (Å²) in [6.07, 6.45) is 3.02. The Hall–Kier alpha value is -3.46. The van der Waals surface area contributed by atoms with E-state index in [0.717, 1.165) is 17.0 Å². The molecule has 2 heterocycles. The maximum Gasteiger partial charge on any atom is 0.255 e. The van der Waals surface area contributed by atoms with Crippen molar-refractivity contribution in [2.24, 2.45) is 20.0 Å². The molecule has 2 aliphatic heterocycles. The van der Waals surface area contributed by atoms with Gasteiger partial charge in [0.1, 0.15) is 35.3 Å². The van der Waals surface area contributed by atoms with Crippen LogP contribution in [0, 0.1) is 0 Å². The van der Waals surface area contributed by atoms with Crippen molar-refractivity contribution >= 4 is 47.6 Å². The SMILES string of the molecule is COc1ccc(OC)c(NC(=O)c2ccc(CSC3N=CN=C4N=CN=C43)cc2)c1. The zero-order valence-corrected chi connectivity index (χ0v) is 17.2. The standard InChI is InChI=1S/C21H19N5O3S/c1-28-15-7-8-17(29-2)16(9-15)26-20(27)14-5-3-13(4-6-14)10-30-21-18-19(23-11-22-18)24-12-25-21/h3-9,11-12,21H,10H2,1-2H3,(H,26,27). The van der Waals surface area contributed by atoms with Crippen molar-refractivity contribution in [1.82, 2.24) is 0 Å². The molecule has 1 atom stereocenters. The number of nitrogens with one attached hydrogen (secondary N) is 1. The number of hydrogen-bond acceptors (Lipinski definition) is 8. The Balaban J connectivity index is 1.38. The van der Waals surface area contributed by atoms with Gasteiger partial charge in [-0.2, -0.15) is 0 Å². The summed E-state index contributed by atoms with van der Waals surface area (Å²) in [7, 11) is 3.13. The Kier molecular flexibility index (Phi) is 5.89. The Morgan fingerprint density at radius 3 is 2.67 bits per heavy atom. The van der Waals surface area contributed by atoms with Crippen LogP contribution in [-0.4, -0.2) is 49.7 Å². The van der Waals surface area contributed by atoms with E-state index in [2.05, 4.69) is 25.3 Å². The van der Waals surface area contributed by atoms with Gasteiger partial charge < -0.3 is 14.8 Å². The molecule has 2 aliphatic rings. The van der Waals surface area contributed by atoms with E-state index in [1.807, 2.05) is 12.1 Å². The van der Waals surface area contributed by atoms with Crippen LogP contribution in [0.3, 0.4) is 0 Å². The van der Waals surface area contributed by atoms with Crippen molar-refractivity contribution in [2.75, 3.05) is 19.5 Å². The number of carbonyl (C=O) groups excluding carboxylic acids is 1. The van der Waals surface area contributed by atoms with Crippen molar-refractivity contribution < 1.29 is 14.3 Å². The third-order valence-corrected chi connectivity index (χ3v) is 5.66. The van der Waals surface area contributed by atoms with E-state index in [1.54, 1.807) is 56.3 Å². The molecule has 0 fully saturated rings. The molecule has 0 saturated carbocycles. The number of hydrogen-bond donors (Lipinski definition) is 1. The topological polar surface area (TPSA) is 97.0 Å². The van der Waals surface area contributed by atoms with Crippen LogP contribution in [0.1, 0.15) is 15.9 Å². The quantitative estimate of drug-likeness (QED) is 0.741. The molecule has 4 rings (SSSR count). The van der Waals surface area contributed by atoms with Crippen LogP contribution >= 0.6 is 11.8 Å². The molecule has 9 heteroatoms. The summed E-state index contributed by atoms with van der Waals surface area (Å²) in [4.78, 5) is 29.5. The molecular weight excluding hydrogens is 402 g/mol. The van der Waals surface area contributed by atoms with Gasteiger partial charge in [0.2, 0.25) is 0 Å². The van der Waals surface area contributed by atoms with Gasteiger partial charge in [0.25, 0.3) is 5.91 Å². The summed E-state index contributed by atoms with van der Waals surface area (Å²) >= 11 is 1.63. The minimum absolute atomic E-state index is 0.122. The number of benzene rings is 2. The summed E-state index contributed by atoms with van der Waals surface area (Å²) in [5.74, 6) is 2.32. The summed E-state index contributed by atoms with van der Waals surface area (Å²) in [5.41, 5.74) is 2.96. The largest absolute Gasteiger partial charge is 0.497 e. The normalized spacial score (nSPS) is 16.5. The van der Waals surface area contributed by atoms with Gasteiger partial charge in [0, 0.05) is 17.4 Å². The summed E-state index contributed by atoms with van der Waals surface area (Å²) in [6.45, 7) is 0. The molecule has 2 aromatic carbocycles. The number of nitrogens with zero attached hydrogens (tertiary/aromatic N) is 4. The van der Waals surface area contributed by atoms with Crippen LogP contribution in [0.15, 0.2) is 62.4 Å². The molecule has 152 valence electrons. The van der Waals surface area contributed by atoms with E-state index in [0.29, 0.717) is 28.6 Å². The third kappa shape index (κ3) is 4.25. The molecular formula is C21H19N5O3S. The average molecular weight is 421 g/mol. The Bertz CT molecular complexity index is 1080. The number of fused-ring (bicyclic) bond motifs is 1. The third-order valence-electron chi connectivity index (χ3n) is 4.50. The lowest BCUT2D eigenvalue weighted by atomic mass is 10.1. The van der Waals surface area contributed by atoms with Crippen molar-refractivity contribution in [1.29, 1.82) is 0 Å². The van der Waals surface area contributed by atoms with Crippen LogP contribution in [0.5, 0.6) is 11.5 Å². The molecule has 0 bridgehead atoms. The van der Waals surface area contributed by atoms with E-state index < -0.39 is 0 Å². The van der Waals surface area contributed by atoms with Crippen molar-refractivity contribution in [3.63, 3.8) is 0 Å². The molecule has 1 unspecified atom stereocenters. The number of amidine groups is 1. The number of carbonyl (C=O) groups is 1. The zero-order valence-electron chi connectivity index (χ0n) is 16.4. The van der Waals surface area contributed by atoms with Gasteiger partial charge in [0.15, 0.2) is 5.84 Å². The van der Waals surface area contributed by atoms with Gasteiger partial charge in [-0.15, -0.1) is 11.8 Å². The van der Waals surface area contributed by atoms with E-state index in [1.165, 1.54) is 12.7 Å². The van der Waals surface area contributed by atoms with Crippen molar-refractivity contribution in [3.05, 3.63) is 53.6 Å². The first kappa shape index (κ1) is 19.8. The fraction of sp³-hybridized carbons (Fsp3) is 0.190. The Morgan fingerprint density at radius 1 is 1.07 bits per heavy atom. The van der Waals surface area contributed by atoms with Gasteiger partial charge in [-0.3, -0.25) is 9.79 Å². The minimum atomic E-state index is -0.226. The molecule has 1 amide bonds. The summed E-state index contributed by atoms with van der Waals surface area (Å²) < 4.78 is 10.5. The highest BCUT2D eigenvalue weighted by Crippen LogP contribution is 2.29. The van der Waals surface area contributed by atoms with Gasteiger partial charge in [-0.05, 0) is 29.8 Å². The van der Waals surface area contributed by atoms with Crippen molar-refractivity contribution in [3.8, 4) is 11.5 Å². The number of amides is 1. The second-order valence-corrected chi connectivity index (χ2v) is 7.43. The number of rotatable bonds is 7. The maximum absolute atomic E-state index is 12.6. The predicted octanol–water partition coefficient (Wildman–Crippen LogP) is 3.44. The molecule has 8 nitrogen and oxygen atoms in total. The molecule has 1 N–H and O–H groups in total. The zero-order chi connectivity index (χ0) is 20.9. The molecule has 0 radical (unpaired) electrons. The average Bonchev–Trinajstić information content (AvgIpc) is 3.27. The fourth-order valence-corrected chi connectivity index (χ4v) is 3.93. The van der Waals surface area contributed by atoms with Gasteiger partial charge in [-0.1, -0.05) is 12.1 Å². The van der Waals surface area contributed by atoms with Gasteiger partial charge in [-0.25, -0.2) is 15.0 Å². The molecule has 0 saturated heterocycles. The lowest BCUT2D eigenvalue weighted by Gasteiger charge is -2.14. The van der Waals surface area contributed by atoms with Gasteiger partial charge in [0.05, 0.1) is 19.9 Å². The van der Waals surface area contributed by atoms with Crippen LogP contribution in [0.4, 0.5) is 5.69 Å². The van der Waals surface area contributed by atoms with Crippen molar-refractivity contribution in [2.45, 2.75) is 11.1 Å². The highest BCUT2D eigenvalue weighted by atomic mass is 32.2. The number of ether oxygens (including phenoxy) is 2. The van der Waals surface area contributed by atoms with Gasteiger partial charge >= 0.3 is 0 Å². The van der Waals surface area contributed by atoms with E-state index in [4.69, 9.17) is 9.47 Å². The highest BCUT2D eigenvalue weighted by molar-refractivity contribution is 8.00. The molecule has 2 aromatic rings. The number of aliphatic imine (C=N–C) groups is 4. The highest BCUT2D eigenvalue weighted by Gasteiger charge is 2.25. The summed E-state index contributed by atoms with van der Waals surface area (Å²) in [6, 6.07) is 12.7. The lowest BCUT2D eigenvalue weighted by molar-refractivity contribution is 0.102.